The Morgan fingerprint density at radius 1 is 0.731 bits per heavy atom. The molecule has 0 aliphatic rings. The number of anilines is 1. The van der Waals surface area contributed by atoms with Crippen LogP contribution in [0.25, 0.3) is 5.76 Å². The van der Waals surface area contributed by atoms with E-state index in [0.717, 1.165) is 30.0 Å². The molecule has 0 amide bonds. The van der Waals surface area contributed by atoms with Crippen molar-refractivity contribution in [1.82, 2.24) is 0 Å². The van der Waals surface area contributed by atoms with Crippen molar-refractivity contribution in [2.75, 3.05) is 12.3 Å². The van der Waals surface area contributed by atoms with Crippen molar-refractivity contribution in [2.24, 2.45) is 0 Å². The fraction of sp³-hybridized carbons (Fsp3) is 0.667. The van der Waals surface area contributed by atoms with Crippen molar-refractivity contribution in [3.63, 3.8) is 0 Å². The molecule has 148 valence electrons. The van der Waals surface area contributed by atoms with Gasteiger partial charge in [0, 0.05) is 11.3 Å². The van der Waals surface area contributed by atoms with E-state index in [1.807, 2.05) is 24.3 Å². The zero-order valence-electron chi connectivity index (χ0n) is 17.1. The van der Waals surface area contributed by atoms with Gasteiger partial charge in [0.1, 0.15) is 5.76 Å². The van der Waals surface area contributed by atoms with E-state index in [1.165, 1.54) is 83.5 Å². The topological polar surface area (TPSA) is 35.2 Å². The van der Waals surface area contributed by atoms with Crippen molar-refractivity contribution in [1.29, 1.82) is 0 Å². The molecule has 26 heavy (non-hydrogen) atoms. The summed E-state index contributed by atoms with van der Waals surface area (Å²) in [5.41, 5.74) is 7.48. The highest BCUT2D eigenvalue weighted by Gasteiger charge is 2.00. The van der Waals surface area contributed by atoms with Crippen LogP contribution in [0.15, 0.2) is 30.8 Å². The zero-order valence-corrected chi connectivity index (χ0v) is 17.1. The van der Waals surface area contributed by atoms with Crippen LogP contribution in [-0.2, 0) is 4.74 Å². The Hall–Kier alpha value is -1.44. The monoisotopic (exact) mass is 359 g/mol. The summed E-state index contributed by atoms with van der Waals surface area (Å²) in [5.74, 6) is 0.750. The number of nitrogens with two attached hydrogens (primary N) is 1. The van der Waals surface area contributed by atoms with E-state index in [0.29, 0.717) is 0 Å². The van der Waals surface area contributed by atoms with Gasteiger partial charge >= 0.3 is 0 Å². The zero-order chi connectivity index (χ0) is 18.9. The molecule has 2 N–H and O–H groups in total. The molecule has 0 aliphatic heterocycles. The van der Waals surface area contributed by atoms with Gasteiger partial charge in [-0.1, -0.05) is 97.0 Å². The lowest BCUT2D eigenvalue weighted by molar-refractivity contribution is 0.267. The second-order valence-corrected chi connectivity index (χ2v) is 7.49. The van der Waals surface area contributed by atoms with Crippen LogP contribution in [0.2, 0.25) is 0 Å². The van der Waals surface area contributed by atoms with Crippen LogP contribution in [0.1, 0.15) is 102 Å². The van der Waals surface area contributed by atoms with Gasteiger partial charge in [-0.25, -0.2) is 0 Å². The molecule has 1 aromatic carbocycles. The van der Waals surface area contributed by atoms with E-state index in [1.54, 1.807) is 0 Å². The molecule has 0 aromatic heterocycles. The number of rotatable bonds is 17. The minimum absolute atomic E-state index is 0.750. The molecule has 0 atom stereocenters. The van der Waals surface area contributed by atoms with E-state index >= 15 is 0 Å². The first-order valence-electron chi connectivity index (χ1n) is 10.9. The quantitative estimate of drug-likeness (QED) is 0.175. The summed E-state index contributed by atoms with van der Waals surface area (Å²) in [6, 6.07) is 7.69. The second kappa shape index (κ2) is 15.8. The third-order valence-corrected chi connectivity index (χ3v) is 5.01. The fourth-order valence-corrected chi connectivity index (χ4v) is 3.24. The SMILES string of the molecule is C=C(OCCCCCCCCCCCCCCCC)c1ccc(N)cc1. The van der Waals surface area contributed by atoms with E-state index in [4.69, 9.17) is 10.5 Å². The largest absolute Gasteiger partial charge is 0.494 e. The maximum atomic E-state index is 5.74. The summed E-state index contributed by atoms with van der Waals surface area (Å²) < 4.78 is 5.74. The Morgan fingerprint density at radius 3 is 1.62 bits per heavy atom. The van der Waals surface area contributed by atoms with Crippen molar-refractivity contribution < 1.29 is 4.74 Å². The molecule has 0 aliphatic carbocycles. The number of hydrogen-bond donors (Lipinski definition) is 1. The molecular formula is C24H41NO. The van der Waals surface area contributed by atoms with Gasteiger partial charge < -0.3 is 10.5 Å². The van der Waals surface area contributed by atoms with Gasteiger partial charge in [-0.2, -0.15) is 0 Å². The van der Waals surface area contributed by atoms with Crippen molar-refractivity contribution in [3.8, 4) is 0 Å². The molecule has 0 heterocycles. The standard InChI is InChI=1S/C24H41NO/c1-3-4-5-6-7-8-9-10-11-12-13-14-15-16-21-26-22(2)23-17-19-24(25)20-18-23/h17-20H,2-16,21,25H2,1H3. The highest BCUT2D eigenvalue weighted by Crippen LogP contribution is 2.17. The molecule has 0 saturated carbocycles. The third-order valence-electron chi connectivity index (χ3n) is 5.01. The first-order valence-corrected chi connectivity index (χ1v) is 10.9. The Balaban J connectivity index is 1.82. The number of benzene rings is 1. The van der Waals surface area contributed by atoms with Gasteiger partial charge in [-0.3, -0.25) is 0 Å². The van der Waals surface area contributed by atoms with Crippen LogP contribution in [0.3, 0.4) is 0 Å². The van der Waals surface area contributed by atoms with Crippen molar-refractivity contribution >= 4 is 11.4 Å². The van der Waals surface area contributed by atoms with Crippen molar-refractivity contribution in [2.45, 2.75) is 96.8 Å². The van der Waals surface area contributed by atoms with Crippen LogP contribution in [0.4, 0.5) is 5.69 Å². The van der Waals surface area contributed by atoms with Crippen LogP contribution in [0, 0.1) is 0 Å². The Bertz CT molecular complexity index is 452. The van der Waals surface area contributed by atoms with E-state index < -0.39 is 0 Å². The van der Waals surface area contributed by atoms with Gasteiger partial charge in [0.05, 0.1) is 6.61 Å². The van der Waals surface area contributed by atoms with Crippen molar-refractivity contribution in [3.05, 3.63) is 36.4 Å². The Labute approximate surface area is 162 Å². The normalized spacial score (nSPS) is 10.8. The van der Waals surface area contributed by atoms with E-state index in [2.05, 4.69) is 13.5 Å². The molecule has 0 bridgehead atoms. The lowest BCUT2D eigenvalue weighted by atomic mass is 10.0. The van der Waals surface area contributed by atoms with Gasteiger partial charge in [-0.15, -0.1) is 0 Å². The molecule has 0 saturated heterocycles. The molecule has 1 aromatic rings. The minimum Gasteiger partial charge on any atom is -0.494 e. The number of hydrogen-bond acceptors (Lipinski definition) is 2. The predicted octanol–water partition coefficient (Wildman–Crippen LogP) is 7.74. The van der Waals surface area contributed by atoms with Crippen LogP contribution >= 0.6 is 0 Å². The minimum atomic E-state index is 0.750. The summed E-state index contributed by atoms with van der Waals surface area (Å²) in [6.07, 6.45) is 19.3. The second-order valence-electron chi connectivity index (χ2n) is 7.49. The molecule has 0 fully saturated rings. The summed E-state index contributed by atoms with van der Waals surface area (Å²) >= 11 is 0. The van der Waals surface area contributed by atoms with Gasteiger partial charge in [0.2, 0.25) is 0 Å². The summed E-state index contributed by atoms with van der Waals surface area (Å²) in [7, 11) is 0. The van der Waals surface area contributed by atoms with Crippen LogP contribution in [0.5, 0.6) is 0 Å². The Morgan fingerprint density at radius 2 is 1.15 bits per heavy atom. The maximum absolute atomic E-state index is 5.74. The van der Waals surface area contributed by atoms with E-state index in [9.17, 15) is 0 Å². The number of ether oxygens (including phenoxy) is 1. The molecule has 2 heteroatoms. The number of unbranched alkanes of at least 4 members (excludes halogenated alkanes) is 13. The predicted molar refractivity (Wildman–Crippen MR) is 116 cm³/mol. The van der Waals surface area contributed by atoms with Gasteiger partial charge in [0.15, 0.2) is 0 Å². The summed E-state index contributed by atoms with van der Waals surface area (Å²) in [4.78, 5) is 0. The average molecular weight is 360 g/mol. The van der Waals surface area contributed by atoms with Crippen LogP contribution in [-0.4, -0.2) is 6.61 Å². The van der Waals surface area contributed by atoms with Gasteiger partial charge in [0.25, 0.3) is 0 Å². The summed E-state index contributed by atoms with van der Waals surface area (Å²) in [6.45, 7) is 7.04. The Kier molecular flexibility index (Phi) is 13.7. The summed E-state index contributed by atoms with van der Waals surface area (Å²) in [5, 5.41) is 0. The number of nitrogen functional groups attached to an aromatic ring is 1. The fourth-order valence-electron chi connectivity index (χ4n) is 3.24. The molecular weight excluding hydrogens is 318 g/mol. The van der Waals surface area contributed by atoms with Gasteiger partial charge in [-0.05, 0) is 30.7 Å². The smallest absolute Gasteiger partial charge is 0.119 e. The lowest BCUT2D eigenvalue weighted by Gasteiger charge is -2.09. The molecule has 0 unspecified atom stereocenters. The maximum Gasteiger partial charge on any atom is 0.119 e. The lowest BCUT2D eigenvalue weighted by Crippen LogP contribution is -1.95. The first kappa shape index (κ1) is 22.6. The average Bonchev–Trinajstić information content (AvgIpc) is 2.65. The first-order chi connectivity index (χ1) is 12.7. The molecule has 0 radical (unpaired) electrons. The van der Waals surface area contributed by atoms with Crippen LogP contribution < -0.4 is 5.73 Å². The molecule has 1 rings (SSSR count). The molecule has 2 nitrogen and oxygen atoms in total. The van der Waals surface area contributed by atoms with E-state index in [-0.39, 0.29) is 0 Å². The molecule has 0 spiro atoms. The highest BCUT2D eigenvalue weighted by atomic mass is 16.5. The third kappa shape index (κ3) is 12.0. The highest BCUT2D eigenvalue weighted by molar-refractivity contribution is 5.59.